The average Bonchev–Trinajstić information content (AvgIpc) is 3.23. The van der Waals surface area contributed by atoms with Crippen LogP contribution in [0.4, 0.5) is 5.13 Å². The molecule has 0 spiro atoms. The van der Waals surface area contributed by atoms with Gasteiger partial charge in [0.25, 0.3) is 0 Å². The molecule has 1 aromatic heterocycles. The first kappa shape index (κ1) is 15.0. The van der Waals surface area contributed by atoms with Crippen molar-refractivity contribution < 1.29 is 0 Å². The monoisotopic (exact) mass is 365 g/mol. The van der Waals surface area contributed by atoms with E-state index in [0.717, 1.165) is 22.7 Å². The van der Waals surface area contributed by atoms with Gasteiger partial charge in [0.05, 0.1) is 5.69 Å². The topological polar surface area (TPSA) is 28.2 Å². The van der Waals surface area contributed by atoms with E-state index in [1.165, 1.54) is 29.0 Å². The van der Waals surface area contributed by atoms with Gasteiger partial charge in [-0.05, 0) is 37.6 Å². The van der Waals surface area contributed by atoms with Crippen molar-refractivity contribution in [1.29, 1.82) is 0 Å². The van der Waals surface area contributed by atoms with Crippen LogP contribution >= 0.6 is 27.3 Å². The lowest BCUT2D eigenvalue weighted by atomic mass is 10.2. The second-order valence-corrected chi connectivity index (χ2v) is 7.57. The van der Waals surface area contributed by atoms with Crippen molar-refractivity contribution in [2.75, 3.05) is 19.0 Å². The van der Waals surface area contributed by atoms with Gasteiger partial charge in [-0.25, -0.2) is 4.98 Å². The van der Waals surface area contributed by atoms with E-state index in [-0.39, 0.29) is 0 Å². The van der Waals surface area contributed by atoms with Crippen LogP contribution in [0.3, 0.4) is 0 Å². The van der Waals surface area contributed by atoms with Gasteiger partial charge < -0.3 is 10.2 Å². The van der Waals surface area contributed by atoms with Gasteiger partial charge in [0, 0.05) is 35.4 Å². The number of rotatable bonds is 6. The smallest absolute Gasteiger partial charge is 0.185 e. The minimum Gasteiger partial charge on any atom is -0.347 e. The Balaban J connectivity index is 1.75. The predicted octanol–water partition coefficient (Wildman–Crippen LogP) is 4.14. The number of halogens is 1. The molecule has 1 heterocycles. The third kappa shape index (κ3) is 3.65. The number of hydrogen-bond acceptors (Lipinski definition) is 4. The summed E-state index contributed by atoms with van der Waals surface area (Å²) in [5, 5.41) is 4.39. The molecule has 0 radical (unpaired) electrons. The van der Waals surface area contributed by atoms with Crippen molar-refractivity contribution in [3.05, 3.63) is 44.9 Å². The summed E-state index contributed by atoms with van der Waals surface area (Å²) >= 11 is 5.30. The van der Waals surface area contributed by atoms with Gasteiger partial charge >= 0.3 is 0 Å². The maximum Gasteiger partial charge on any atom is 0.185 e. The maximum absolute atomic E-state index is 4.90. The Morgan fingerprint density at radius 3 is 2.67 bits per heavy atom. The number of hydrogen-bond donors (Lipinski definition) is 1. The molecule has 1 aromatic carbocycles. The predicted molar refractivity (Wildman–Crippen MR) is 93.1 cm³/mol. The van der Waals surface area contributed by atoms with Gasteiger partial charge in [-0.3, -0.25) is 0 Å². The highest BCUT2D eigenvalue weighted by Crippen LogP contribution is 2.44. The normalized spacial score (nSPS) is 14.4. The molecule has 0 amide bonds. The minimum absolute atomic E-state index is 0.708. The molecule has 2 aromatic rings. The molecule has 0 unspecified atom stereocenters. The standard InChI is InChI=1S/C16H20BrN3S/c1-18-9-14-15(12-5-6-12)19-16(21-14)20(2)10-11-3-7-13(17)8-4-11/h3-4,7-8,12,18H,5-6,9-10H2,1-2H3. The Kier molecular flexibility index (Phi) is 4.62. The van der Waals surface area contributed by atoms with Gasteiger partial charge in [0.2, 0.25) is 0 Å². The Morgan fingerprint density at radius 1 is 1.33 bits per heavy atom. The van der Waals surface area contributed by atoms with E-state index in [0.29, 0.717) is 5.92 Å². The highest BCUT2D eigenvalue weighted by Gasteiger charge is 2.29. The SMILES string of the molecule is CNCc1sc(N(C)Cc2ccc(Br)cc2)nc1C1CC1. The van der Waals surface area contributed by atoms with Crippen LogP contribution in [0, 0.1) is 0 Å². The molecular weight excluding hydrogens is 346 g/mol. The summed E-state index contributed by atoms with van der Waals surface area (Å²) in [4.78, 5) is 8.55. The van der Waals surface area contributed by atoms with Gasteiger partial charge in [-0.1, -0.05) is 28.1 Å². The Morgan fingerprint density at radius 2 is 2.05 bits per heavy atom. The van der Waals surface area contributed by atoms with Gasteiger partial charge in [0.1, 0.15) is 0 Å². The third-order valence-corrected chi connectivity index (χ3v) is 5.39. The summed E-state index contributed by atoms with van der Waals surface area (Å²) in [7, 11) is 4.13. The van der Waals surface area contributed by atoms with Crippen LogP contribution < -0.4 is 10.2 Å². The van der Waals surface area contributed by atoms with E-state index in [4.69, 9.17) is 4.98 Å². The summed E-state index contributed by atoms with van der Waals surface area (Å²) in [5.74, 6) is 0.708. The van der Waals surface area contributed by atoms with E-state index in [1.54, 1.807) is 0 Å². The van der Waals surface area contributed by atoms with Crippen LogP contribution in [-0.4, -0.2) is 19.1 Å². The van der Waals surface area contributed by atoms with E-state index in [9.17, 15) is 0 Å². The molecule has 0 saturated heterocycles. The number of nitrogens with zero attached hydrogens (tertiary/aromatic N) is 2. The van der Waals surface area contributed by atoms with Crippen LogP contribution in [0.1, 0.15) is 34.9 Å². The number of anilines is 1. The first-order chi connectivity index (χ1) is 10.2. The fourth-order valence-corrected chi connectivity index (χ4v) is 3.79. The molecule has 3 rings (SSSR count). The fraction of sp³-hybridized carbons (Fsp3) is 0.438. The zero-order chi connectivity index (χ0) is 14.8. The Bertz CT molecular complexity index is 604. The molecule has 1 aliphatic rings. The number of aromatic nitrogens is 1. The first-order valence-electron chi connectivity index (χ1n) is 7.27. The molecule has 0 bridgehead atoms. The van der Waals surface area contributed by atoms with Crippen molar-refractivity contribution in [2.24, 2.45) is 0 Å². The van der Waals surface area contributed by atoms with Gasteiger partial charge in [0.15, 0.2) is 5.13 Å². The first-order valence-corrected chi connectivity index (χ1v) is 8.88. The van der Waals surface area contributed by atoms with E-state index in [1.807, 2.05) is 18.4 Å². The molecule has 112 valence electrons. The fourth-order valence-electron chi connectivity index (χ4n) is 2.41. The van der Waals surface area contributed by atoms with Crippen molar-refractivity contribution in [2.45, 2.75) is 31.8 Å². The quantitative estimate of drug-likeness (QED) is 0.833. The highest BCUT2D eigenvalue weighted by molar-refractivity contribution is 9.10. The third-order valence-electron chi connectivity index (χ3n) is 3.68. The van der Waals surface area contributed by atoms with Crippen molar-refractivity contribution in [3.8, 4) is 0 Å². The number of nitrogens with one attached hydrogen (secondary N) is 1. The van der Waals surface area contributed by atoms with Crippen LogP contribution in [0.5, 0.6) is 0 Å². The zero-order valence-corrected chi connectivity index (χ0v) is 14.8. The second kappa shape index (κ2) is 6.46. The second-order valence-electron chi connectivity index (χ2n) is 5.59. The molecule has 1 saturated carbocycles. The Labute approximate surface area is 138 Å². The van der Waals surface area contributed by atoms with E-state index in [2.05, 4.69) is 57.5 Å². The lowest BCUT2D eigenvalue weighted by molar-refractivity contribution is 0.811. The van der Waals surface area contributed by atoms with Gasteiger partial charge in [-0.15, -0.1) is 11.3 Å². The molecule has 0 aliphatic heterocycles. The lowest BCUT2D eigenvalue weighted by Crippen LogP contribution is -2.16. The molecule has 1 N–H and O–H groups in total. The summed E-state index contributed by atoms with van der Waals surface area (Å²) < 4.78 is 1.12. The average molecular weight is 366 g/mol. The van der Waals surface area contributed by atoms with Crippen LogP contribution in [0.2, 0.25) is 0 Å². The molecule has 0 atom stereocenters. The summed E-state index contributed by atoms with van der Waals surface area (Å²) in [6.07, 6.45) is 2.60. The van der Waals surface area contributed by atoms with Crippen LogP contribution in [0.25, 0.3) is 0 Å². The number of benzene rings is 1. The van der Waals surface area contributed by atoms with Crippen LogP contribution in [-0.2, 0) is 13.1 Å². The minimum atomic E-state index is 0.708. The summed E-state index contributed by atoms with van der Waals surface area (Å²) in [5.41, 5.74) is 2.63. The molecule has 1 aliphatic carbocycles. The molecule has 5 heteroatoms. The molecule has 3 nitrogen and oxygen atoms in total. The molecule has 1 fully saturated rings. The van der Waals surface area contributed by atoms with E-state index < -0.39 is 0 Å². The van der Waals surface area contributed by atoms with Crippen molar-refractivity contribution in [3.63, 3.8) is 0 Å². The molecule has 21 heavy (non-hydrogen) atoms. The van der Waals surface area contributed by atoms with Crippen molar-refractivity contribution in [1.82, 2.24) is 10.3 Å². The lowest BCUT2D eigenvalue weighted by Gasteiger charge is -2.15. The summed E-state index contributed by atoms with van der Waals surface area (Å²) in [6, 6.07) is 8.50. The molecular formula is C16H20BrN3S. The zero-order valence-electron chi connectivity index (χ0n) is 12.4. The largest absolute Gasteiger partial charge is 0.347 e. The summed E-state index contributed by atoms with van der Waals surface area (Å²) in [6.45, 7) is 1.82. The van der Waals surface area contributed by atoms with Crippen LogP contribution in [0.15, 0.2) is 28.7 Å². The maximum atomic E-state index is 4.90. The van der Waals surface area contributed by atoms with E-state index >= 15 is 0 Å². The number of thiazole rings is 1. The Hall–Kier alpha value is -0.910. The highest BCUT2D eigenvalue weighted by atomic mass is 79.9. The van der Waals surface area contributed by atoms with Gasteiger partial charge in [-0.2, -0.15) is 0 Å². The van der Waals surface area contributed by atoms with Crippen molar-refractivity contribution >= 4 is 32.4 Å².